The highest BCUT2D eigenvalue weighted by Gasteiger charge is 2.20. The van der Waals surface area contributed by atoms with E-state index in [-0.39, 0.29) is 24.3 Å². The molecule has 120 valence electrons. The molecule has 0 radical (unpaired) electrons. The second-order valence-electron chi connectivity index (χ2n) is 4.86. The van der Waals surface area contributed by atoms with Crippen LogP contribution in [-0.2, 0) is 6.54 Å². The summed E-state index contributed by atoms with van der Waals surface area (Å²) in [6.07, 6.45) is 0. The monoisotopic (exact) mass is 320 g/mol. The van der Waals surface area contributed by atoms with Gasteiger partial charge >= 0.3 is 0 Å². The predicted molar refractivity (Wildman–Crippen MR) is 79.9 cm³/mol. The third-order valence-corrected chi connectivity index (χ3v) is 3.33. The first kappa shape index (κ1) is 16.5. The molecule has 0 aliphatic heterocycles. The van der Waals surface area contributed by atoms with Crippen molar-refractivity contribution in [2.45, 2.75) is 13.5 Å². The molecular weight excluding hydrogens is 306 g/mol. The molecule has 2 rings (SSSR count). The number of halogens is 2. The quantitative estimate of drug-likeness (QED) is 0.625. The highest BCUT2D eigenvalue weighted by Crippen LogP contribution is 2.21. The zero-order valence-corrected chi connectivity index (χ0v) is 12.3. The maximum atomic E-state index is 13.3. The van der Waals surface area contributed by atoms with Gasteiger partial charge < -0.3 is 4.90 Å². The molecular formula is C16H14F2N2O3. The number of hydrogen-bond donors (Lipinski definition) is 0. The van der Waals surface area contributed by atoms with Gasteiger partial charge in [0, 0.05) is 29.8 Å². The van der Waals surface area contributed by atoms with Gasteiger partial charge in [-0.2, -0.15) is 0 Å². The first-order chi connectivity index (χ1) is 10.9. The number of hydrogen-bond acceptors (Lipinski definition) is 3. The second kappa shape index (κ2) is 6.95. The van der Waals surface area contributed by atoms with Gasteiger partial charge in [-0.3, -0.25) is 14.9 Å². The van der Waals surface area contributed by atoms with Crippen LogP contribution in [-0.4, -0.2) is 22.3 Å². The molecule has 0 aliphatic rings. The molecule has 0 aliphatic carbocycles. The Labute approximate surface area is 131 Å². The highest BCUT2D eigenvalue weighted by atomic mass is 19.1. The van der Waals surface area contributed by atoms with E-state index in [2.05, 4.69) is 0 Å². The molecule has 23 heavy (non-hydrogen) atoms. The summed E-state index contributed by atoms with van der Waals surface area (Å²) >= 11 is 0. The van der Waals surface area contributed by atoms with E-state index in [0.717, 1.165) is 12.1 Å². The van der Waals surface area contributed by atoms with Crippen LogP contribution < -0.4 is 0 Å². The average molecular weight is 320 g/mol. The number of amides is 1. The third-order valence-electron chi connectivity index (χ3n) is 3.33. The molecule has 2 aromatic rings. The standard InChI is InChI=1S/C16H14F2N2O3/c1-2-19(10-11-5-3-4-6-15(11)20(22)23)16(21)12-7-13(17)9-14(18)8-12/h3-9H,2,10H2,1H3. The molecule has 0 atom stereocenters. The first-order valence-corrected chi connectivity index (χ1v) is 6.90. The van der Waals surface area contributed by atoms with Crippen LogP contribution in [0.5, 0.6) is 0 Å². The van der Waals surface area contributed by atoms with E-state index in [9.17, 15) is 23.7 Å². The molecule has 0 bridgehead atoms. The van der Waals surface area contributed by atoms with Gasteiger partial charge in [0.05, 0.1) is 11.5 Å². The largest absolute Gasteiger partial charge is 0.334 e. The fourth-order valence-electron chi connectivity index (χ4n) is 2.22. The molecule has 0 spiro atoms. The molecule has 0 fully saturated rings. The zero-order chi connectivity index (χ0) is 17.0. The number of benzene rings is 2. The zero-order valence-electron chi connectivity index (χ0n) is 12.3. The van der Waals surface area contributed by atoms with E-state index in [0.29, 0.717) is 11.6 Å². The molecule has 0 N–H and O–H groups in total. The molecule has 2 aromatic carbocycles. The summed E-state index contributed by atoms with van der Waals surface area (Å²) in [6, 6.07) is 8.59. The Morgan fingerprint density at radius 1 is 1.17 bits per heavy atom. The van der Waals surface area contributed by atoms with Crippen LogP contribution in [0.1, 0.15) is 22.8 Å². The van der Waals surface area contributed by atoms with Crippen LogP contribution in [0.2, 0.25) is 0 Å². The summed E-state index contributed by atoms with van der Waals surface area (Å²) in [4.78, 5) is 24.2. The number of nitro groups is 1. The minimum Gasteiger partial charge on any atom is -0.334 e. The van der Waals surface area contributed by atoms with E-state index < -0.39 is 22.5 Å². The Hall–Kier alpha value is -2.83. The van der Waals surface area contributed by atoms with Crippen molar-refractivity contribution in [2.24, 2.45) is 0 Å². The van der Waals surface area contributed by atoms with Crippen molar-refractivity contribution in [1.82, 2.24) is 4.90 Å². The number of para-hydroxylation sites is 1. The van der Waals surface area contributed by atoms with Crippen LogP contribution >= 0.6 is 0 Å². The number of nitro benzene ring substituents is 1. The smallest absolute Gasteiger partial charge is 0.274 e. The summed E-state index contributed by atoms with van der Waals surface area (Å²) < 4.78 is 26.5. The summed E-state index contributed by atoms with van der Waals surface area (Å²) in [5, 5.41) is 11.0. The van der Waals surface area contributed by atoms with E-state index in [4.69, 9.17) is 0 Å². The molecule has 0 saturated carbocycles. The summed E-state index contributed by atoms with van der Waals surface area (Å²) in [5.74, 6) is -2.30. The fourth-order valence-corrected chi connectivity index (χ4v) is 2.22. The highest BCUT2D eigenvalue weighted by molar-refractivity contribution is 5.94. The van der Waals surface area contributed by atoms with Crippen molar-refractivity contribution >= 4 is 11.6 Å². The van der Waals surface area contributed by atoms with Crippen LogP contribution in [0.4, 0.5) is 14.5 Å². The number of carbonyl (C=O) groups excluding carboxylic acids is 1. The summed E-state index contributed by atoms with van der Waals surface area (Å²) in [5.41, 5.74) is 0.108. The SMILES string of the molecule is CCN(Cc1ccccc1[N+](=O)[O-])C(=O)c1cc(F)cc(F)c1. The van der Waals surface area contributed by atoms with Crippen molar-refractivity contribution in [3.05, 3.63) is 75.3 Å². The molecule has 0 saturated heterocycles. The lowest BCUT2D eigenvalue weighted by molar-refractivity contribution is -0.385. The van der Waals surface area contributed by atoms with Crippen molar-refractivity contribution in [2.75, 3.05) is 6.54 Å². The predicted octanol–water partition coefficient (Wildman–Crippen LogP) is 3.54. The average Bonchev–Trinajstić information content (AvgIpc) is 2.51. The summed E-state index contributed by atoms with van der Waals surface area (Å²) in [7, 11) is 0. The van der Waals surface area contributed by atoms with Gasteiger partial charge in [-0.15, -0.1) is 0 Å². The molecule has 0 unspecified atom stereocenters. The van der Waals surface area contributed by atoms with Gasteiger partial charge in [0.1, 0.15) is 11.6 Å². The van der Waals surface area contributed by atoms with Gasteiger partial charge in [0.15, 0.2) is 0 Å². The van der Waals surface area contributed by atoms with Gasteiger partial charge in [-0.1, -0.05) is 18.2 Å². The Kier molecular flexibility index (Phi) is 5.00. The van der Waals surface area contributed by atoms with Gasteiger partial charge in [0.2, 0.25) is 0 Å². The Bertz CT molecular complexity index is 730. The molecule has 5 nitrogen and oxygen atoms in total. The topological polar surface area (TPSA) is 63.4 Å². The lowest BCUT2D eigenvalue weighted by atomic mass is 10.1. The van der Waals surface area contributed by atoms with E-state index in [1.165, 1.54) is 17.0 Å². The Morgan fingerprint density at radius 3 is 2.35 bits per heavy atom. The molecule has 1 amide bonds. The van der Waals surface area contributed by atoms with E-state index >= 15 is 0 Å². The lowest BCUT2D eigenvalue weighted by Crippen LogP contribution is -2.30. The van der Waals surface area contributed by atoms with Crippen LogP contribution in [0.25, 0.3) is 0 Å². The normalized spacial score (nSPS) is 10.4. The van der Waals surface area contributed by atoms with Gasteiger partial charge in [0.25, 0.3) is 11.6 Å². The lowest BCUT2D eigenvalue weighted by Gasteiger charge is -2.21. The number of nitrogens with zero attached hydrogens (tertiary/aromatic N) is 2. The Balaban J connectivity index is 2.30. The van der Waals surface area contributed by atoms with Crippen molar-refractivity contribution < 1.29 is 18.5 Å². The van der Waals surface area contributed by atoms with Gasteiger partial charge in [-0.25, -0.2) is 8.78 Å². The van der Waals surface area contributed by atoms with Crippen LogP contribution in [0.15, 0.2) is 42.5 Å². The fraction of sp³-hybridized carbons (Fsp3) is 0.188. The maximum absolute atomic E-state index is 13.3. The van der Waals surface area contributed by atoms with Crippen LogP contribution in [0, 0.1) is 21.7 Å². The van der Waals surface area contributed by atoms with Crippen molar-refractivity contribution in [3.63, 3.8) is 0 Å². The van der Waals surface area contributed by atoms with Gasteiger partial charge in [-0.05, 0) is 19.1 Å². The molecule has 0 aromatic heterocycles. The van der Waals surface area contributed by atoms with Crippen LogP contribution in [0.3, 0.4) is 0 Å². The molecule has 7 heteroatoms. The van der Waals surface area contributed by atoms with E-state index in [1.54, 1.807) is 19.1 Å². The third kappa shape index (κ3) is 3.88. The second-order valence-corrected chi connectivity index (χ2v) is 4.86. The number of rotatable bonds is 5. The molecule has 0 heterocycles. The minimum atomic E-state index is -0.852. The number of carbonyl (C=O) groups is 1. The first-order valence-electron chi connectivity index (χ1n) is 6.90. The summed E-state index contributed by atoms with van der Waals surface area (Å²) in [6.45, 7) is 1.90. The van der Waals surface area contributed by atoms with E-state index in [1.807, 2.05) is 0 Å². The van der Waals surface area contributed by atoms with Crippen molar-refractivity contribution in [3.8, 4) is 0 Å². The minimum absolute atomic E-state index is 0.0232. The maximum Gasteiger partial charge on any atom is 0.274 e. The Morgan fingerprint density at radius 2 is 1.78 bits per heavy atom. The van der Waals surface area contributed by atoms with Crippen molar-refractivity contribution in [1.29, 1.82) is 0 Å².